The first-order chi connectivity index (χ1) is 12.3. The Morgan fingerprint density at radius 3 is 2.24 bits per heavy atom. The Bertz CT molecular complexity index is 752. The molecule has 0 aromatic heterocycles. The lowest BCUT2D eigenvalue weighted by molar-refractivity contribution is -0.137. The van der Waals surface area contributed by atoms with Crippen LogP contribution in [0.15, 0.2) is 65.8 Å². The number of likely N-dealkylation sites (tertiary alicyclic amines) is 1. The van der Waals surface area contributed by atoms with E-state index >= 15 is 0 Å². The Morgan fingerprint density at radius 1 is 0.920 bits per heavy atom. The number of carbonyl (C=O) groups excluding carboxylic acids is 1. The molecule has 4 nitrogen and oxygen atoms in total. The van der Waals surface area contributed by atoms with Crippen molar-refractivity contribution in [3.05, 3.63) is 71.8 Å². The highest BCUT2D eigenvalue weighted by Crippen LogP contribution is 2.36. The largest absolute Gasteiger partial charge is 0.386 e. The molecule has 0 radical (unpaired) electrons. The summed E-state index contributed by atoms with van der Waals surface area (Å²) in [6.45, 7) is 1.66. The van der Waals surface area contributed by atoms with Gasteiger partial charge in [0.2, 0.25) is 5.91 Å². The summed E-state index contributed by atoms with van der Waals surface area (Å²) in [5.41, 5.74) is 2.69. The highest BCUT2D eigenvalue weighted by molar-refractivity contribution is 6.14. The number of nitrogens with zero attached hydrogens (tertiary/aromatic N) is 2. The van der Waals surface area contributed by atoms with Crippen LogP contribution in [0.3, 0.4) is 0 Å². The molecule has 128 valence electrons. The minimum absolute atomic E-state index is 0.133. The van der Waals surface area contributed by atoms with Gasteiger partial charge in [0.25, 0.3) is 0 Å². The number of piperidine rings is 1. The van der Waals surface area contributed by atoms with Crippen molar-refractivity contribution in [3.8, 4) is 0 Å². The van der Waals surface area contributed by atoms with E-state index in [-0.39, 0.29) is 17.9 Å². The van der Waals surface area contributed by atoms with E-state index < -0.39 is 0 Å². The van der Waals surface area contributed by atoms with E-state index in [4.69, 9.17) is 4.84 Å². The van der Waals surface area contributed by atoms with Gasteiger partial charge in [-0.1, -0.05) is 65.8 Å². The third-order valence-corrected chi connectivity index (χ3v) is 4.99. The predicted octanol–water partition coefficient (Wildman–Crippen LogP) is 3.79. The van der Waals surface area contributed by atoms with E-state index in [9.17, 15) is 4.79 Å². The Kier molecular flexibility index (Phi) is 4.51. The Balaban J connectivity index is 1.68. The fraction of sp³-hybridized carbons (Fsp3) is 0.333. The minimum Gasteiger partial charge on any atom is -0.386 e. The quantitative estimate of drug-likeness (QED) is 0.857. The molecule has 2 aromatic rings. The molecule has 4 rings (SSSR count). The van der Waals surface area contributed by atoms with E-state index in [0.717, 1.165) is 42.8 Å². The van der Waals surface area contributed by atoms with Crippen LogP contribution >= 0.6 is 0 Å². The summed E-state index contributed by atoms with van der Waals surface area (Å²) in [6, 6.07) is 19.8. The molecular weight excluding hydrogens is 312 g/mol. The van der Waals surface area contributed by atoms with Crippen molar-refractivity contribution >= 4 is 11.6 Å². The Morgan fingerprint density at radius 2 is 1.56 bits per heavy atom. The second-order valence-corrected chi connectivity index (χ2v) is 6.64. The van der Waals surface area contributed by atoms with Gasteiger partial charge in [-0.2, -0.15) is 0 Å². The molecule has 1 saturated heterocycles. The molecule has 1 fully saturated rings. The maximum Gasteiger partial charge on any atom is 0.236 e. The van der Waals surface area contributed by atoms with Gasteiger partial charge in [0.1, 0.15) is 11.6 Å². The highest BCUT2D eigenvalue weighted by atomic mass is 16.6. The molecule has 2 heterocycles. The van der Waals surface area contributed by atoms with Gasteiger partial charge in [-0.05, 0) is 24.8 Å². The van der Waals surface area contributed by atoms with Crippen molar-refractivity contribution in [2.45, 2.75) is 25.4 Å². The van der Waals surface area contributed by atoms with E-state index in [2.05, 4.69) is 5.16 Å². The van der Waals surface area contributed by atoms with E-state index in [0.29, 0.717) is 0 Å². The van der Waals surface area contributed by atoms with Crippen molar-refractivity contribution in [2.24, 2.45) is 11.1 Å². The molecule has 0 spiro atoms. The molecule has 0 bridgehead atoms. The number of hydrogen-bond donors (Lipinski definition) is 0. The highest BCUT2D eigenvalue weighted by Gasteiger charge is 2.43. The molecule has 2 aliphatic heterocycles. The SMILES string of the molecule is O=C([C@@H]1C(c2ccccc2)=NO[C@H]1c1ccccc1)N1CCCCC1. The van der Waals surface area contributed by atoms with E-state index in [1.165, 1.54) is 6.42 Å². The maximum atomic E-state index is 13.3. The summed E-state index contributed by atoms with van der Waals surface area (Å²) < 4.78 is 0. The first kappa shape index (κ1) is 15.9. The minimum atomic E-state index is -0.386. The summed E-state index contributed by atoms with van der Waals surface area (Å²) in [5.74, 6) is -0.253. The van der Waals surface area contributed by atoms with Crippen LogP contribution in [-0.4, -0.2) is 29.6 Å². The molecule has 2 atom stereocenters. The lowest BCUT2D eigenvalue weighted by Crippen LogP contribution is -2.43. The van der Waals surface area contributed by atoms with Gasteiger partial charge < -0.3 is 9.74 Å². The molecular formula is C21H22N2O2. The summed E-state index contributed by atoms with van der Waals surface area (Å²) >= 11 is 0. The number of oxime groups is 1. The smallest absolute Gasteiger partial charge is 0.236 e. The Labute approximate surface area is 148 Å². The van der Waals surface area contributed by atoms with Gasteiger partial charge in [-0.15, -0.1) is 0 Å². The van der Waals surface area contributed by atoms with Crippen LogP contribution in [0.5, 0.6) is 0 Å². The topological polar surface area (TPSA) is 41.9 Å². The van der Waals surface area contributed by atoms with Crippen LogP contribution in [0.4, 0.5) is 0 Å². The second-order valence-electron chi connectivity index (χ2n) is 6.64. The molecule has 2 aliphatic rings. The first-order valence-corrected chi connectivity index (χ1v) is 8.97. The van der Waals surface area contributed by atoms with Crippen molar-refractivity contribution < 1.29 is 9.63 Å². The first-order valence-electron chi connectivity index (χ1n) is 8.97. The summed E-state index contributed by atoms with van der Waals surface area (Å²) in [7, 11) is 0. The standard InChI is InChI=1S/C21H22N2O2/c24-21(23-14-8-3-9-15-23)18-19(16-10-4-1-5-11-16)22-25-20(18)17-12-6-2-7-13-17/h1-2,4-7,10-13,18,20H,3,8-9,14-15H2/t18-,20+/m1/s1. The van der Waals surface area contributed by atoms with Crippen LogP contribution in [0, 0.1) is 5.92 Å². The monoisotopic (exact) mass is 334 g/mol. The Hall–Kier alpha value is -2.62. The van der Waals surface area contributed by atoms with E-state index in [1.807, 2.05) is 65.6 Å². The zero-order chi connectivity index (χ0) is 17.1. The number of benzene rings is 2. The van der Waals surface area contributed by atoms with Crippen LogP contribution in [0.25, 0.3) is 0 Å². The molecule has 2 aromatic carbocycles. The predicted molar refractivity (Wildman–Crippen MR) is 97.2 cm³/mol. The van der Waals surface area contributed by atoms with Gasteiger partial charge in [0.15, 0.2) is 6.10 Å². The normalized spacial score (nSPS) is 23.0. The van der Waals surface area contributed by atoms with Crippen molar-refractivity contribution in [1.82, 2.24) is 4.90 Å². The fourth-order valence-corrected chi connectivity index (χ4v) is 3.67. The van der Waals surface area contributed by atoms with Gasteiger partial charge in [0.05, 0.1) is 0 Å². The molecule has 0 unspecified atom stereocenters. The third-order valence-electron chi connectivity index (χ3n) is 4.99. The van der Waals surface area contributed by atoms with Gasteiger partial charge >= 0.3 is 0 Å². The van der Waals surface area contributed by atoms with E-state index in [1.54, 1.807) is 0 Å². The second kappa shape index (κ2) is 7.09. The molecule has 0 N–H and O–H groups in total. The van der Waals surface area contributed by atoms with Crippen molar-refractivity contribution in [1.29, 1.82) is 0 Å². The lowest BCUT2D eigenvalue weighted by atomic mass is 9.87. The van der Waals surface area contributed by atoms with Crippen molar-refractivity contribution in [3.63, 3.8) is 0 Å². The number of rotatable bonds is 3. The molecule has 0 saturated carbocycles. The van der Waals surface area contributed by atoms with Crippen LogP contribution in [0.1, 0.15) is 36.5 Å². The summed E-state index contributed by atoms with van der Waals surface area (Å²) in [6.07, 6.45) is 3.00. The fourth-order valence-electron chi connectivity index (χ4n) is 3.67. The van der Waals surface area contributed by atoms with Gasteiger partial charge in [0, 0.05) is 18.7 Å². The number of amides is 1. The zero-order valence-corrected chi connectivity index (χ0v) is 14.2. The molecule has 1 amide bonds. The van der Waals surface area contributed by atoms with Crippen LogP contribution in [-0.2, 0) is 9.63 Å². The summed E-state index contributed by atoms with van der Waals surface area (Å²) in [4.78, 5) is 21.1. The number of hydrogen-bond acceptors (Lipinski definition) is 3. The summed E-state index contributed by atoms with van der Waals surface area (Å²) in [5, 5.41) is 4.33. The van der Waals surface area contributed by atoms with Crippen LogP contribution < -0.4 is 0 Å². The zero-order valence-electron chi connectivity index (χ0n) is 14.2. The maximum absolute atomic E-state index is 13.3. The average Bonchev–Trinajstić information content (AvgIpc) is 3.14. The van der Waals surface area contributed by atoms with Gasteiger partial charge in [-0.25, -0.2) is 0 Å². The third kappa shape index (κ3) is 3.16. The van der Waals surface area contributed by atoms with Crippen molar-refractivity contribution in [2.75, 3.05) is 13.1 Å². The lowest BCUT2D eigenvalue weighted by Gasteiger charge is -2.30. The van der Waals surface area contributed by atoms with Crippen LogP contribution in [0.2, 0.25) is 0 Å². The molecule has 25 heavy (non-hydrogen) atoms. The molecule has 0 aliphatic carbocycles. The van der Waals surface area contributed by atoms with Gasteiger partial charge in [-0.3, -0.25) is 4.79 Å². The molecule has 4 heteroatoms. The average molecular weight is 334 g/mol. The number of carbonyl (C=O) groups is 1.